The van der Waals surface area contributed by atoms with Crippen LogP contribution >= 0.6 is 21.6 Å². The number of rotatable bonds is 6. The van der Waals surface area contributed by atoms with Crippen molar-refractivity contribution in [1.82, 2.24) is 0 Å². The van der Waals surface area contributed by atoms with Crippen LogP contribution in [0, 0.1) is 0 Å². The molecule has 1 aliphatic heterocycles. The number of esters is 1. The van der Waals surface area contributed by atoms with Gasteiger partial charge in [0.2, 0.25) is 0 Å². The lowest BCUT2D eigenvalue weighted by molar-refractivity contribution is -0.135. The highest BCUT2D eigenvalue weighted by Crippen LogP contribution is 2.48. The lowest BCUT2D eigenvalue weighted by Gasteiger charge is -2.13. The maximum atomic E-state index is 12.7. The summed E-state index contributed by atoms with van der Waals surface area (Å²) >= 11 is 0. The lowest BCUT2D eigenvalue weighted by Crippen LogP contribution is -2.16. The molecule has 0 radical (unpaired) electrons. The van der Waals surface area contributed by atoms with Crippen molar-refractivity contribution >= 4 is 53.4 Å². The van der Waals surface area contributed by atoms with Gasteiger partial charge in [-0.2, -0.15) is 8.42 Å². The SMILES string of the molecule is COc1ccc2cc(C(C)C(=O)Oc3ccc(C4=CC(S(=O)(=O)O)SS4)cc3)ccc2c1. The summed E-state index contributed by atoms with van der Waals surface area (Å²) < 4.78 is 41.6. The molecule has 1 heterocycles. The van der Waals surface area contributed by atoms with Crippen LogP contribution in [0.1, 0.15) is 24.0 Å². The fourth-order valence-electron chi connectivity index (χ4n) is 3.22. The van der Waals surface area contributed by atoms with Crippen molar-refractivity contribution in [1.29, 1.82) is 0 Å². The third-order valence-electron chi connectivity index (χ3n) is 5.10. The molecule has 0 aliphatic carbocycles. The first kappa shape index (κ1) is 22.7. The number of benzene rings is 3. The topological polar surface area (TPSA) is 89.9 Å². The van der Waals surface area contributed by atoms with Crippen LogP contribution in [0.3, 0.4) is 0 Å². The van der Waals surface area contributed by atoms with Crippen LogP contribution in [-0.4, -0.2) is 30.6 Å². The summed E-state index contributed by atoms with van der Waals surface area (Å²) in [5, 5.41) is 2.04. The minimum atomic E-state index is -4.13. The van der Waals surface area contributed by atoms with Crippen molar-refractivity contribution in [3.63, 3.8) is 0 Å². The Morgan fingerprint density at radius 3 is 2.31 bits per heavy atom. The van der Waals surface area contributed by atoms with E-state index in [1.54, 1.807) is 38.3 Å². The Morgan fingerprint density at radius 1 is 1.00 bits per heavy atom. The zero-order chi connectivity index (χ0) is 22.9. The third kappa shape index (κ3) is 4.96. The first-order valence-corrected chi connectivity index (χ1v) is 13.4. The summed E-state index contributed by atoms with van der Waals surface area (Å²) in [7, 11) is -0.163. The maximum absolute atomic E-state index is 12.7. The summed E-state index contributed by atoms with van der Waals surface area (Å²) in [6.45, 7) is 1.80. The Morgan fingerprint density at radius 2 is 1.66 bits per heavy atom. The largest absolute Gasteiger partial charge is 0.497 e. The molecule has 0 aromatic heterocycles. The predicted octanol–water partition coefficient (Wildman–Crippen LogP) is 5.51. The molecule has 9 heteroatoms. The number of hydrogen-bond acceptors (Lipinski definition) is 7. The van der Waals surface area contributed by atoms with Gasteiger partial charge in [0, 0.05) is 4.91 Å². The minimum Gasteiger partial charge on any atom is -0.497 e. The Hall–Kier alpha value is -2.46. The van der Waals surface area contributed by atoms with Crippen molar-refractivity contribution in [3.05, 3.63) is 77.9 Å². The van der Waals surface area contributed by atoms with Gasteiger partial charge in [0.05, 0.1) is 13.0 Å². The quantitative estimate of drug-likeness (QED) is 0.210. The van der Waals surface area contributed by atoms with E-state index in [4.69, 9.17) is 9.47 Å². The zero-order valence-electron chi connectivity index (χ0n) is 17.2. The van der Waals surface area contributed by atoms with Gasteiger partial charge >= 0.3 is 5.97 Å². The molecule has 4 rings (SSSR count). The van der Waals surface area contributed by atoms with E-state index in [-0.39, 0.29) is 5.97 Å². The fraction of sp³-hybridized carbons (Fsp3) is 0.174. The molecular weight excluding hydrogens is 468 g/mol. The molecule has 1 N–H and O–H groups in total. The summed E-state index contributed by atoms with van der Waals surface area (Å²) in [5.41, 5.74) is 1.64. The number of methoxy groups -OCH3 is 1. The van der Waals surface area contributed by atoms with Gasteiger partial charge in [-0.25, -0.2) is 0 Å². The van der Waals surface area contributed by atoms with E-state index in [1.165, 1.54) is 16.9 Å². The van der Waals surface area contributed by atoms with Crippen LogP contribution in [0.2, 0.25) is 0 Å². The molecule has 0 amide bonds. The second-order valence-corrected chi connectivity index (χ2v) is 11.5. The number of fused-ring (bicyclic) bond motifs is 1. The molecular formula is C23H20O6S3. The molecule has 32 heavy (non-hydrogen) atoms. The molecule has 6 nitrogen and oxygen atoms in total. The Kier molecular flexibility index (Phi) is 6.52. The average Bonchev–Trinajstić information content (AvgIpc) is 3.29. The standard InChI is InChI=1S/C23H20O6S3/c1-14(16-3-4-18-12-20(28-2)10-7-17(18)11-16)23(24)29-19-8-5-15(6-9-19)21-13-22(31-30-21)32(25,26)27/h3-14,22H,1-2H3,(H,25,26,27). The van der Waals surface area contributed by atoms with Gasteiger partial charge in [0.1, 0.15) is 11.5 Å². The van der Waals surface area contributed by atoms with Crippen LogP contribution < -0.4 is 9.47 Å². The van der Waals surface area contributed by atoms with Crippen LogP contribution in [0.15, 0.2) is 66.7 Å². The van der Waals surface area contributed by atoms with Crippen molar-refractivity contribution < 1.29 is 27.2 Å². The van der Waals surface area contributed by atoms with Crippen LogP contribution in [0.5, 0.6) is 11.5 Å². The zero-order valence-corrected chi connectivity index (χ0v) is 19.7. The van der Waals surface area contributed by atoms with Crippen molar-refractivity contribution in [2.75, 3.05) is 7.11 Å². The van der Waals surface area contributed by atoms with Gasteiger partial charge in [-0.3, -0.25) is 9.35 Å². The van der Waals surface area contributed by atoms with Gasteiger partial charge < -0.3 is 9.47 Å². The van der Waals surface area contributed by atoms with Gasteiger partial charge in [0.15, 0.2) is 4.58 Å². The molecule has 0 saturated carbocycles. The van der Waals surface area contributed by atoms with Gasteiger partial charge in [-0.1, -0.05) is 58.0 Å². The summed E-state index contributed by atoms with van der Waals surface area (Å²) in [6.07, 6.45) is 1.50. The van der Waals surface area contributed by atoms with E-state index in [9.17, 15) is 17.8 Å². The minimum absolute atomic E-state index is 0.373. The summed E-state index contributed by atoms with van der Waals surface area (Å²) in [6, 6.07) is 18.4. The predicted molar refractivity (Wildman–Crippen MR) is 129 cm³/mol. The normalized spacial score (nSPS) is 17.1. The molecule has 0 saturated heterocycles. The molecule has 3 aromatic rings. The van der Waals surface area contributed by atoms with Crippen molar-refractivity contribution in [3.8, 4) is 11.5 Å². The second-order valence-electron chi connectivity index (χ2n) is 7.23. The second kappa shape index (κ2) is 9.19. The number of carbonyl (C=O) groups excluding carboxylic acids is 1. The first-order chi connectivity index (χ1) is 15.2. The van der Waals surface area contributed by atoms with E-state index in [0.29, 0.717) is 5.75 Å². The Labute approximate surface area is 194 Å². The van der Waals surface area contributed by atoms with Gasteiger partial charge in [0.25, 0.3) is 10.1 Å². The summed E-state index contributed by atoms with van der Waals surface area (Å²) in [5.74, 6) is 0.349. The highest BCUT2D eigenvalue weighted by molar-refractivity contribution is 8.82. The molecule has 0 bridgehead atoms. The molecule has 0 spiro atoms. The van der Waals surface area contributed by atoms with Gasteiger partial charge in [-0.15, -0.1) is 0 Å². The molecule has 166 valence electrons. The Balaban J connectivity index is 1.45. The van der Waals surface area contributed by atoms with E-state index < -0.39 is 20.6 Å². The first-order valence-electron chi connectivity index (χ1n) is 9.66. The highest BCUT2D eigenvalue weighted by Gasteiger charge is 2.28. The number of ether oxygens (including phenoxy) is 2. The van der Waals surface area contributed by atoms with Crippen LogP contribution in [-0.2, 0) is 14.9 Å². The fourth-order valence-corrected chi connectivity index (χ4v) is 7.38. The number of carbonyl (C=O) groups is 1. The Bertz CT molecular complexity index is 1300. The molecule has 0 fully saturated rings. The monoisotopic (exact) mass is 488 g/mol. The van der Waals surface area contributed by atoms with Gasteiger partial charge in [-0.05, 0) is 59.2 Å². The van der Waals surface area contributed by atoms with Crippen LogP contribution in [0.4, 0.5) is 0 Å². The smallest absolute Gasteiger partial charge is 0.318 e. The number of hydrogen-bond donors (Lipinski definition) is 1. The van der Waals surface area contributed by atoms with Crippen molar-refractivity contribution in [2.45, 2.75) is 17.4 Å². The lowest BCUT2D eigenvalue weighted by atomic mass is 9.98. The van der Waals surface area contributed by atoms with E-state index in [0.717, 1.165) is 43.3 Å². The van der Waals surface area contributed by atoms with E-state index in [1.807, 2.05) is 36.4 Å². The average molecular weight is 489 g/mol. The molecule has 3 aromatic carbocycles. The molecule has 1 aliphatic rings. The maximum Gasteiger partial charge on any atom is 0.318 e. The third-order valence-corrected chi connectivity index (χ3v) is 9.63. The molecule has 2 atom stereocenters. The summed E-state index contributed by atoms with van der Waals surface area (Å²) in [4.78, 5) is 13.4. The van der Waals surface area contributed by atoms with Crippen molar-refractivity contribution in [2.24, 2.45) is 0 Å². The highest BCUT2D eigenvalue weighted by atomic mass is 33.1. The van der Waals surface area contributed by atoms with E-state index >= 15 is 0 Å². The van der Waals surface area contributed by atoms with Crippen LogP contribution in [0.25, 0.3) is 15.7 Å². The molecule has 2 unspecified atom stereocenters. The van der Waals surface area contributed by atoms with E-state index in [2.05, 4.69) is 0 Å².